The summed E-state index contributed by atoms with van der Waals surface area (Å²) < 4.78 is 5.16. The number of hydrogen-bond acceptors (Lipinski definition) is 3. The molecule has 2 rings (SSSR count). The van der Waals surface area contributed by atoms with Gasteiger partial charge in [-0.2, -0.15) is 0 Å². The van der Waals surface area contributed by atoms with Gasteiger partial charge in [0.25, 0.3) is 0 Å². The third kappa shape index (κ3) is 4.47. The van der Waals surface area contributed by atoms with Crippen LogP contribution in [0.2, 0.25) is 0 Å². The smallest absolute Gasteiger partial charge is 0.242 e. The van der Waals surface area contributed by atoms with Gasteiger partial charge in [0.2, 0.25) is 11.8 Å². The Morgan fingerprint density at radius 3 is 2.61 bits per heavy atom. The van der Waals surface area contributed by atoms with Crippen molar-refractivity contribution in [1.29, 1.82) is 0 Å². The highest BCUT2D eigenvalue weighted by Gasteiger charge is 2.23. The van der Waals surface area contributed by atoms with E-state index in [4.69, 9.17) is 4.74 Å². The second-order valence-corrected chi connectivity index (χ2v) is 6.08. The van der Waals surface area contributed by atoms with Crippen LogP contribution >= 0.6 is 0 Å². The van der Waals surface area contributed by atoms with Crippen molar-refractivity contribution in [2.45, 2.75) is 38.6 Å². The molecule has 1 unspecified atom stereocenters. The first-order chi connectivity index (χ1) is 11.0. The first-order valence-electron chi connectivity index (χ1n) is 8.20. The van der Waals surface area contributed by atoms with Gasteiger partial charge in [-0.05, 0) is 37.5 Å². The molecule has 0 aliphatic carbocycles. The monoisotopic (exact) mass is 318 g/mol. The first kappa shape index (κ1) is 17.3. The SMILES string of the molecule is COc1ccc(C(C)N(C)C(=O)CN2CCCCCC2=O)cc1. The molecule has 0 spiro atoms. The van der Waals surface area contributed by atoms with Crippen molar-refractivity contribution in [3.63, 3.8) is 0 Å². The van der Waals surface area contributed by atoms with Gasteiger partial charge in [-0.25, -0.2) is 0 Å². The summed E-state index contributed by atoms with van der Waals surface area (Å²) in [5.41, 5.74) is 1.05. The van der Waals surface area contributed by atoms with Gasteiger partial charge < -0.3 is 14.5 Å². The number of rotatable bonds is 5. The van der Waals surface area contributed by atoms with Gasteiger partial charge in [-0.1, -0.05) is 18.6 Å². The standard InChI is InChI=1S/C18H26N2O3/c1-14(15-8-10-16(23-3)11-9-15)19(2)18(22)13-20-12-6-4-5-7-17(20)21/h8-11,14H,4-7,12-13H2,1-3H3. The third-order valence-corrected chi connectivity index (χ3v) is 4.57. The normalized spacial score (nSPS) is 16.7. The van der Waals surface area contributed by atoms with Crippen LogP contribution in [0.25, 0.3) is 0 Å². The summed E-state index contributed by atoms with van der Waals surface area (Å²) in [6.07, 6.45) is 3.54. The average molecular weight is 318 g/mol. The molecule has 1 aromatic carbocycles. The Labute approximate surface area is 138 Å². The molecule has 0 aromatic heterocycles. The number of benzene rings is 1. The number of ether oxygens (including phenoxy) is 1. The van der Waals surface area contributed by atoms with Gasteiger partial charge in [0.05, 0.1) is 19.7 Å². The highest BCUT2D eigenvalue weighted by atomic mass is 16.5. The molecule has 0 bridgehead atoms. The van der Waals surface area contributed by atoms with Crippen molar-refractivity contribution in [2.75, 3.05) is 27.2 Å². The molecule has 0 radical (unpaired) electrons. The van der Waals surface area contributed by atoms with Crippen LogP contribution in [0.15, 0.2) is 24.3 Å². The molecule has 5 nitrogen and oxygen atoms in total. The first-order valence-corrected chi connectivity index (χ1v) is 8.20. The zero-order valence-corrected chi connectivity index (χ0v) is 14.2. The fourth-order valence-electron chi connectivity index (χ4n) is 2.80. The molecule has 5 heteroatoms. The fraction of sp³-hybridized carbons (Fsp3) is 0.556. The minimum atomic E-state index is -0.0458. The summed E-state index contributed by atoms with van der Waals surface area (Å²) in [5, 5.41) is 0. The van der Waals surface area contributed by atoms with Crippen LogP contribution in [0, 0.1) is 0 Å². The van der Waals surface area contributed by atoms with Crippen molar-refractivity contribution in [3.8, 4) is 5.75 Å². The van der Waals surface area contributed by atoms with Crippen LogP contribution in [0.1, 0.15) is 44.2 Å². The van der Waals surface area contributed by atoms with E-state index in [2.05, 4.69) is 0 Å². The molecular formula is C18H26N2O3. The van der Waals surface area contributed by atoms with Crippen LogP contribution in [0.5, 0.6) is 5.75 Å². The molecule has 0 saturated carbocycles. The Hall–Kier alpha value is -2.04. The maximum absolute atomic E-state index is 12.5. The lowest BCUT2D eigenvalue weighted by Crippen LogP contribution is -2.42. The van der Waals surface area contributed by atoms with Crippen molar-refractivity contribution in [3.05, 3.63) is 29.8 Å². The molecular weight excluding hydrogens is 292 g/mol. The predicted molar refractivity (Wildman–Crippen MR) is 89.2 cm³/mol. The van der Waals surface area contributed by atoms with Crippen LogP contribution in [-0.4, -0.2) is 48.9 Å². The lowest BCUT2D eigenvalue weighted by atomic mass is 10.1. The topological polar surface area (TPSA) is 49.9 Å². The molecule has 126 valence electrons. The Kier molecular flexibility index (Phi) is 6.02. The maximum Gasteiger partial charge on any atom is 0.242 e. The number of carbonyl (C=O) groups is 2. The molecule has 1 aromatic rings. The largest absolute Gasteiger partial charge is 0.497 e. The summed E-state index contributed by atoms with van der Waals surface area (Å²) in [4.78, 5) is 27.9. The van der Waals surface area contributed by atoms with E-state index in [0.29, 0.717) is 13.0 Å². The van der Waals surface area contributed by atoms with Gasteiger partial charge in [-0.15, -0.1) is 0 Å². The number of likely N-dealkylation sites (tertiary alicyclic amines) is 1. The second kappa shape index (κ2) is 7.99. The van der Waals surface area contributed by atoms with Crippen LogP contribution in [0.3, 0.4) is 0 Å². The van der Waals surface area contributed by atoms with Gasteiger partial charge in [0.1, 0.15) is 5.75 Å². The van der Waals surface area contributed by atoms with E-state index < -0.39 is 0 Å². The summed E-state index contributed by atoms with van der Waals surface area (Å²) >= 11 is 0. The Morgan fingerprint density at radius 1 is 1.26 bits per heavy atom. The van der Waals surface area contributed by atoms with E-state index >= 15 is 0 Å². The van der Waals surface area contributed by atoms with E-state index in [-0.39, 0.29) is 24.4 Å². The fourth-order valence-corrected chi connectivity index (χ4v) is 2.80. The number of carbonyl (C=O) groups excluding carboxylic acids is 2. The molecule has 1 aliphatic heterocycles. The number of methoxy groups -OCH3 is 1. The molecule has 0 N–H and O–H groups in total. The molecule has 2 amide bonds. The van der Waals surface area contributed by atoms with E-state index in [1.807, 2.05) is 31.2 Å². The molecule has 1 aliphatic rings. The highest BCUT2D eigenvalue weighted by molar-refractivity contribution is 5.85. The Bertz CT molecular complexity index is 542. The predicted octanol–water partition coefficient (Wildman–Crippen LogP) is 2.62. The van der Waals surface area contributed by atoms with Crippen molar-refractivity contribution < 1.29 is 14.3 Å². The highest BCUT2D eigenvalue weighted by Crippen LogP contribution is 2.22. The Balaban J connectivity index is 1.98. The summed E-state index contributed by atoms with van der Waals surface area (Å²) in [5.74, 6) is 0.870. The summed E-state index contributed by atoms with van der Waals surface area (Å²) in [6.45, 7) is 2.86. The minimum Gasteiger partial charge on any atom is -0.497 e. The van der Waals surface area contributed by atoms with Gasteiger partial charge >= 0.3 is 0 Å². The van der Waals surface area contributed by atoms with E-state index in [1.165, 1.54) is 0 Å². The average Bonchev–Trinajstić information content (AvgIpc) is 2.78. The van der Waals surface area contributed by atoms with Crippen molar-refractivity contribution in [2.24, 2.45) is 0 Å². The maximum atomic E-state index is 12.5. The van der Waals surface area contributed by atoms with E-state index in [0.717, 1.165) is 30.6 Å². The van der Waals surface area contributed by atoms with Gasteiger partial charge in [0.15, 0.2) is 0 Å². The number of hydrogen-bond donors (Lipinski definition) is 0. The molecule has 1 heterocycles. The molecule has 1 saturated heterocycles. The summed E-state index contributed by atoms with van der Waals surface area (Å²) in [6, 6.07) is 7.66. The quantitative estimate of drug-likeness (QED) is 0.838. The lowest BCUT2D eigenvalue weighted by molar-refractivity contribution is -0.140. The van der Waals surface area contributed by atoms with Crippen molar-refractivity contribution >= 4 is 11.8 Å². The number of likely N-dealkylation sites (N-methyl/N-ethyl adjacent to an activating group) is 1. The number of amides is 2. The van der Waals surface area contributed by atoms with E-state index in [1.54, 1.807) is 24.0 Å². The molecule has 23 heavy (non-hydrogen) atoms. The van der Waals surface area contributed by atoms with Crippen LogP contribution in [0.4, 0.5) is 0 Å². The Morgan fingerprint density at radius 2 is 1.96 bits per heavy atom. The summed E-state index contributed by atoms with van der Waals surface area (Å²) in [7, 11) is 3.42. The molecule has 1 atom stereocenters. The third-order valence-electron chi connectivity index (χ3n) is 4.57. The van der Waals surface area contributed by atoms with E-state index in [9.17, 15) is 9.59 Å². The van der Waals surface area contributed by atoms with Crippen molar-refractivity contribution in [1.82, 2.24) is 9.80 Å². The van der Waals surface area contributed by atoms with Gasteiger partial charge in [-0.3, -0.25) is 9.59 Å². The van der Waals surface area contributed by atoms with Gasteiger partial charge in [0, 0.05) is 20.0 Å². The second-order valence-electron chi connectivity index (χ2n) is 6.08. The molecule has 1 fully saturated rings. The minimum absolute atomic E-state index is 0.0245. The van der Waals surface area contributed by atoms with Crippen LogP contribution < -0.4 is 4.74 Å². The van der Waals surface area contributed by atoms with Crippen LogP contribution in [-0.2, 0) is 9.59 Å². The number of nitrogens with zero attached hydrogens (tertiary/aromatic N) is 2. The zero-order chi connectivity index (χ0) is 16.8. The zero-order valence-electron chi connectivity index (χ0n) is 14.2. The lowest BCUT2D eigenvalue weighted by Gasteiger charge is -2.28.